The highest BCUT2D eigenvalue weighted by atomic mass is 15.4. The van der Waals surface area contributed by atoms with Gasteiger partial charge in [-0.15, -0.1) is 0 Å². The SMILES string of the molecule is CC1NN=C(N)C1C#N. The van der Waals surface area contributed by atoms with Gasteiger partial charge in [-0.2, -0.15) is 10.4 Å². The first-order chi connectivity index (χ1) is 4.25. The van der Waals surface area contributed by atoms with Crippen LogP contribution < -0.4 is 11.2 Å². The predicted octanol–water partition coefficient (Wildman–Crippen LogP) is -0.610. The lowest BCUT2D eigenvalue weighted by atomic mass is 10.0. The molecule has 0 fully saturated rings. The zero-order valence-corrected chi connectivity index (χ0v) is 5.13. The Bertz CT molecular complexity index is 178. The summed E-state index contributed by atoms with van der Waals surface area (Å²) in [6.45, 7) is 1.87. The van der Waals surface area contributed by atoms with Gasteiger partial charge in [-0.25, -0.2) is 0 Å². The smallest absolute Gasteiger partial charge is 0.139 e. The van der Waals surface area contributed by atoms with Crippen LogP contribution in [0.25, 0.3) is 0 Å². The molecule has 1 aliphatic rings. The summed E-state index contributed by atoms with van der Waals surface area (Å²) in [6, 6.07) is 2.11. The van der Waals surface area contributed by atoms with Crippen LogP contribution in [0.4, 0.5) is 0 Å². The number of nitriles is 1. The van der Waals surface area contributed by atoms with Crippen LogP contribution in [0.15, 0.2) is 5.10 Å². The average molecular weight is 124 g/mol. The van der Waals surface area contributed by atoms with Crippen LogP contribution in [0.5, 0.6) is 0 Å². The van der Waals surface area contributed by atoms with E-state index in [1.54, 1.807) is 0 Å². The van der Waals surface area contributed by atoms with Crippen LogP contribution in [0.1, 0.15) is 6.92 Å². The van der Waals surface area contributed by atoms with E-state index >= 15 is 0 Å². The first-order valence-electron chi connectivity index (χ1n) is 2.74. The Kier molecular flexibility index (Phi) is 1.27. The fourth-order valence-electron chi connectivity index (χ4n) is 0.755. The normalized spacial score (nSPS) is 32.7. The number of hydrazone groups is 1. The summed E-state index contributed by atoms with van der Waals surface area (Å²) in [4.78, 5) is 0. The maximum atomic E-state index is 8.46. The third-order valence-corrected chi connectivity index (χ3v) is 1.36. The molecule has 2 unspecified atom stereocenters. The lowest BCUT2D eigenvalue weighted by Gasteiger charge is -2.03. The second-order valence-electron chi connectivity index (χ2n) is 2.06. The number of nitrogens with zero attached hydrogens (tertiary/aromatic N) is 2. The van der Waals surface area contributed by atoms with E-state index in [1.165, 1.54) is 0 Å². The van der Waals surface area contributed by atoms with E-state index in [0.29, 0.717) is 5.84 Å². The Morgan fingerprint density at radius 1 is 1.89 bits per heavy atom. The van der Waals surface area contributed by atoms with Crippen molar-refractivity contribution in [1.82, 2.24) is 5.43 Å². The Hall–Kier alpha value is -1.24. The van der Waals surface area contributed by atoms with E-state index in [4.69, 9.17) is 11.0 Å². The van der Waals surface area contributed by atoms with E-state index in [9.17, 15) is 0 Å². The van der Waals surface area contributed by atoms with Gasteiger partial charge in [-0.3, -0.25) is 0 Å². The van der Waals surface area contributed by atoms with Crippen molar-refractivity contribution in [2.75, 3.05) is 0 Å². The molecule has 0 saturated carbocycles. The molecule has 48 valence electrons. The van der Waals surface area contributed by atoms with Gasteiger partial charge in [0.25, 0.3) is 0 Å². The van der Waals surface area contributed by atoms with Crippen molar-refractivity contribution < 1.29 is 0 Å². The predicted molar refractivity (Wildman–Crippen MR) is 33.3 cm³/mol. The van der Waals surface area contributed by atoms with E-state index < -0.39 is 0 Å². The number of nitrogens with one attached hydrogen (secondary N) is 1. The summed E-state index contributed by atoms with van der Waals surface area (Å²) >= 11 is 0. The van der Waals surface area contributed by atoms with Gasteiger partial charge >= 0.3 is 0 Å². The van der Waals surface area contributed by atoms with Crippen molar-refractivity contribution in [2.24, 2.45) is 16.8 Å². The molecule has 0 aromatic heterocycles. The molecule has 1 rings (SSSR count). The molecular formula is C5H8N4. The largest absolute Gasteiger partial charge is 0.385 e. The first kappa shape index (κ1) is 5.89. The maximum Gasteiger partial charge on any atom is 0.139 e. The van der Waals surface area contributed by atoms with Gasteiger partial charge in [0.1, 0.15) is 11.8 Å². The molecule has 0 amide bonds. The standard InChI is InChI=1S/C5H8N4/c1-3-4(2-6)5(7)9-8-3/h3-4,8H,1H3,(H2,7,9). The zero-order chi connectivity index (χ0) is 6.85. The fourth-order valence-corrected chi connectivity index (χ4v) is 0.755. The van der Waals surface area contributed by atoms with Crippen LogP contribution in [-0.2, 0) is 0 Å². The Labute approximate surface area is 53.3 Å². The lowest BCUT2D eigenvalue weighted by Crippen LogP contribution is -2.28. The van der Waals surface area contributed by atoms with Crippen LogP contribution in [-0.4, -0.2) is 11.9 Å². The molecule has 9 heavy (non-hydrogen) atoms. The molecule has 0 aliphatic carbocycles. The molecule has 0 bridgehead atoms. The van der Waals surface area contributed by atoms with Crippen molar-refractivity contribution in [3.8, 4) is 6.07 Å². The van der Waals surface area contributed by atoms with E-state index in [-0.39, 0.29) is 12.0 Å². The fraction of sp³-hybridized carbons (Fsp3) is 0.600. The lowest BCUT2D eigenvalue weighted by molar-refractivity contribution is 0.578. The van der Waals surface area contributed by atoms with Crippen molar-refractivity contribution in [3.05, 3.63) is 0 Å². The van der Waals surface area contributed by atoms with Gasteiger partial charge < -0.3 is 11.2 Å². The second kappa shape index (κ2) is 1.94. The van der Waals surface area contributed by atoms with Crippen LogP contribution >= 0.6 is 0 Å². The second-order valence-corrected chi connectivity index (χ2v) is 2.06. The van der Waals surface area contributed by atoms with E-state index in [1.807, 2.05) is 13.0 Å². The van der Waals surface area contributed by atoms with Crippen LogP contribution in [0, 0.1) is 17.2 Å². The number of amidine groups is 1. The monoisotopic (exact) mass is 124 g/mol. The van der Waals surface area contributed by atoms with Gasteiger partial charge in [0.15, 0.2) is 0 Å². The molecule has 1 heterocycles. The highest BCUT2D eigenvalue weighted by Crippen LogP contribution is 2.07. The third kappa shape index (κ3) is 0.809. The molecule has 1 aliphatic heterocycles. The molecular weight excluding hydrogens is 116 g/mol. The summed E-state index contributed by atoms with van der Waals surface area (Å²) in [5, 5.41) is 12.1. The topological polar surface area (TPSA) is 74.2 Å². The number of nitrogens with two attached hydrogens (primary N) is 1. The summed E-state index contributed by atoms with van der Waals surface area (Å²) < 4.78 is 0. The Morgan fingerprint density at radius 2 is 2.56 bits per heavy atom. The summed E-state index contributed by atoms with van der Waals surface area (Å²) in [6.07, 6.45) is 0. The maximum absolute atomic E-state index is 8.46. The minimum absolute atomic E-state index is 0.0648. The van der Waals surface area contributed by atoms with Gasteiger partial charge in [0.05, 0.1) is 12.1 Å². The summed E-state index contributed by atoms with van der Waals surface area (Å²) in [5.74, 6) is 0.148. The third-order valence-electron chi connectivity index (χ3n) is 1.36. The van der Waals surface area contributed by atoms with Crippen LogP contribution in [0.3, 0.4) is 0 Å². The van der Waals surface area contributed by atoms with Gasteiger partial charge in [-0.05, 0) is 6.92 Å². The highest BCUT2D eigenvalue weighted by molar-refractivity contribution is 5.86. The molecule has 4 nitrogen and oxygen atoms in total. The van der Waals surface area contributed by atoms with E-state index in [0.717, 1.165) is 0 Å². The molecule has 2 atom stereocenters. The minimum Gasteiger partial charge on any atom is -0.385 e. The Morgan fingerprint density at radius 3 is 2.78 bits per heavy atom. The zero-order valence-electron chi connectivity index (χ0n) is 5.13. The first-order valence-corrected chi connectivity index (χ1v) is 2.74. The molecule has 3 N–H and O–H groups in total. The van der Waals surface area contributed by atoms with Crippen molar-refractivity contribution >= 4 is 5.84 Å². The minimum atomic E-state index is -0.245. The highest BCUT2D eigenvalue weighted by Gasteiger charge is 2.25. The molecule has 0 aromatic rings. The van der Waals surface area contributed by atoms with Crippen molar-refractivity contribution in [2.45, 2.75) is 13.0 Å². The average Bonchev–Trinajstić information content (AvgIpc) is 2.12. The van der Waals surface area contributed by atoms with Crippen molar-refractivity contribution in [1.29, 1.82) is 5.26 Å². The molecule has 0 saturated heterocycles. The summed E-state index contributed by atoms with van der Waals surface area (Å²) in [7, 11) is 0. The Balaban J connectivity index is 2.71. The van der Waals surface area contributed by atoms with Crippen LogP contribution in [0.2, 0.25) is 0 Å². The van der Waals surface area contributed by atoms with Gasteiger partial charge in [-0.1, -0.05) is 0 Å². The quantitative estimate of drug-likeness (QED) is 0.452. The van der Waals surface area contributed by atoms with Gasteiger partial charge in [0.2, 0.25) is 0 Å². The van der Waals surface area contributed by atoms with Gasteiger partial charge in [0, 0.05) is 0 Å². The number of hydrogen-bond donors (Lipinski definition) is 2. The van der Waals surface area contributed by atoms with E-state index in [2.05, 4.69) is 10.5 Å². The molecule has 4 heteroatoms. The number of rotatable bonds is 0. The van der Waals surface area contributed by atoms with Crippen molar-refractivity contribution in [3.63, 3.8) is 0 Å². The molecule has 0 spiro atoms. The molecule has 0 radical (unpaired) electrons. The summed E-state index contributed by atoms with van der Waals surface area (Å²) in [5.41, 5.74) is 8.06. The molecule has 0 aromatic carbocycles. The number of hydrogen-bond acceptors (Lipinski definition) is 4.